The molecule has 1 aliphatic rings. The van der Waals surface area contributed by atoms with Crippen LogP contribution < -0.4 is 5.32 Å². The maximum Gasteiger partial charge on any atom is 0.305 e. The molecule has 0 radical (unpaired) electrons. The molecule has 1 heterocycles. The first-order valence-electron chi connectivity index (χ1n) is 26.1. The van der Waals surface area contributed by atoms with E-state index in [1.807, 2.05) is 6.08 Å². The lowest BCUT2D eigenvalue weighted by atomic mass is 9.99. The van der Waals surface area contributed by atoms with Gasteiger partial charge in [-0.15, -0.1) is 0 Å². The van der Waals surface area contributed by atoms with E-state index < -0.39 is 49.5 Å². The van der Waals surface area contributed by atoms with E-state index in [1.54, 1.807) is 6.08 Å². The topological polar surface area (TPSA) is 175 Å². The Kier molecular flexibility index (Phi) is 40.1. The zero-order valence-corrected chi connectivity index (χ0v) is 40.3. The summed E-state index contributed by atoms with van der Waals surface area (Å²) in [5.74, 6) is -0.252. The van der Waals surface area contributed by atoms with Gasteiger partial charge in [0.2, 0.25) is 5.91 Å². The smallest absolute Gasteiger partial charge is 0.305 e. The predicted molar refractivity (Wildman–Crippen MR) is 255 cm³/mol. The highest BCUT2D eigenvalue weighted by atomic mass is 16.7. The molecule has 0 spiro atoms. The molecule has 63 heavy (non-hydrogen) atoms. The van der Waals surface area contributed by atoms with Gasteiger partial charge in [-0.25, -0.2) is 0 Å². The minimum absolute atomic E-state index is 0.0482. The summed E-state index contributed by atoms with van der Waals surface area (Å²) >= 11 is 0. The van der Waals surface area contributed by atoms with Gasteiger partial charge < -0.3 is 45.1 Å². The minimum Gasteiger partial charge on any atom is -0.466 e. The first-order valence-corrected chi connectivity index (χ1v) is 26.1. The molecule has 6 N–H and O–H groups in total. The fourth-order valence-electron chi connectivity index (χ4n) is 8.07. The SMILES string of the molecule is CCCCCCCC/C=C\CCCCCCCC(=O)OCCCCCCCCCCCCCC(=O)NC(COC1OC(CO)C(O)C(O)C1O)C(O)/C=C/CCCCCCCCC. The molecule has 0 aromatic carbocycles. The van der Waals surface area contributed by atoms with E-state index in [1.165, 1.54) is 135 Å². The third kappa shape index (κ3) is 33.3. The third-order valence-corrected chi connectivity index (χ3v) is 12.3. The average molecular weight is 896 g/mol. The number of aliphatic hydroxyl groups excluding tert-OH is 5. The van der Waals surface area contributed by atoms with Crippen LogP contribution in [0.3, 0.4) is 0 Å². The molecule has 1 rings (SSSR count). The maximum absolute atomic E-state index is 12.9. The van der Waals surface area contributed by atoms with Crippen LogP contribution in [0.4, 0.5) is 0 Å². The number of amides is 1. The molecule has 0 saturated carbocycles. The summed E-state index contributed by atoms with van der Waals surface area (Å²) in [5, 5.41) is 54.1. The van der Waals surface area contributed by atoms with E-state index in [0.29, 0.717) is 19.4 Å². The van der Waals surface area contributed by atoms with Gasteiger partial charge in [0.25, 0.3) is 0 Å². The third-order valence-electron chi connectivity index (χ3n) is 12.3. The number of aliphatic hydroxyl groups is 5. The average Bonchev–Trinajstić information content (AvgIpc) is 3.28. The Morgan fingerprint density at radius 3 is 1.52 bits per heavy atom. The second-order valence-corrected chi connectivity index (χ2v) is 18.2. The number of hydrogen-bond acceptors (Lipinski definition) is 10. The van der Waals surface area contributed by atoms with E-state index in [0.717, 1.165) is 70.6 Å². The van der Waals surface area contributed by atoms with Crippen LogP contribution in [0.2, 0.25) is 0 Å². The molecule has 1 fully saturated rings. The highest BCUT2D eigenvalue weighted by molar-refractivity contribution is 5.76. The van der Waals surface area contributed by atoms with Gasteiger partial charge >= 0.3 is 5.97 Å². The number of allylic oxidation sites excluding steroid dienone is 3. The quantitative estimate of drug-likeness (QED) is 0.0196. The van der Waals surface area contributed by atoms with Gasteiger partial charge in [0.1, 0.15) is 24.4 Å². The molecule has 7 atom stereocenters. The summed E-state index contributed by atoms with van der Waals surface area (Å²) in [5.41, 5.74) is 0. The number of carbonyl (C=O) groups is 2. The standard InChI is InChI=1S/C52H97NO10/c1-3-5-7-9-11-13-14-15-16-17-20-24-28-32-36-40-48(57)61-41-37-33-29-25-21-18-19-23-27-31-35-39-47(56)53-44(45(55)38-34-30-26-22-12-10-8-6-4-2)43-62-52-51(60)50(59)49(58)46(42-54)63-52/h15-16,34,38,44-46,49-52,54-55,58-60H,3-14,17-33,35-37,39-43H2,1-2H3,(H,53,56)/b16-15-,38-34+. The largest absolute Gasteiger partial charge is 0.466 e. The summed E-state index contributed by atoms with van der Waals surface area (Å²) < 4.78 is 16.6. The second-order valence-electron chi connectivity index (χ2n) is 18.2. The molecule has 1 amide bonds. The van der Waals surface area contributed by atoms with Crippen molar-refractivity contribution >= 4 is 11.9 Å². The molecule has 7 unspecified atom stereocenters. The van der Waals surface area contributed by atoms with Crippen molar-refractivity contribution in [3.8, 4) is 0 Å². The van der Waals surface area contributed by atoms with E-state index in [9.17, 15) is 35.1 Å². The maximum atomic E-state index is 12.9. The molecule has 0 aliphatic carbocycles. The van der Waals surface area contributed by atoms with Crippen LogP contribution in [0, 0.1) is 0 Å². The van der Waals surface area contributed by atoms with Crippen molar-refractivity contribution in [3.63, 3.8) is 0 Å². The van der Waals surface area contributed by atoms with Crippen molar-refractivity contribution in [2.75, 3.05) is 19.8 Å². The van der Waals surface area contributed by atoms with Gasteiger partial charge in [0, 0.05) is 12.8 Å². The van der Waals surface area contributed by atoms with E-state index in [4.69, 9.17) is 14.2 Å². The lowest BCUT2D eigenvalue weighted by Crippen LogP contribution is -2.60. The molecule has 1 aliphatic heterocycles. The molecule has 370 valence electrons. The summed E-state index contributed by atoms with van der Waals surface area (Å²) in [4.78, 5) is 25.0. The van der Waals surface area contributed by atoms with Crippen LogP contribution in [-0.2, 0) is 23.8 Å². The van der Waals surface area contributed by atoms with Gasteiger partial charge in [-0.1, -0.05) is 186 Å². The normalized spacial score (nSPS) is 20.1. The Balaban J connectivity index is 2.13. The fraction of sp³-hybridized carbons (Fsp3) is 0.885. The van der Waals surface area contributed by atoms with Crippen molar-refractivity contribution in [1.29, 1.82) is 0 Å². The molecule has 0 bridgehead atoms. The number of esters is 1. The first kappa shape index (κ1) is 59.2. The Labute approximate surface area is 384 Å². The highest BCUT2D eigenvalue weighted by Crippen LogP contribution is 2.23. The number of unbranched alkanes of at least 4 members (excludes halogenated alkanes) is 28. The van der Waals surface area contributed by atoms with E-state index in [2.05, 4.69) is 31.3 Å². The highest BCUT2D eigenvalue weighted by Gasteiger charge is 2.44. The Hall–Kier alpha value is -1.86. The first-order chi connectivity index (χ1) is 30.7. The van der Waals surface area contributed by atoms with Gasteiger partial charge in [-0.3, -0.25) is 9.59 Å². The van der Waals surface area contributed by atoms with Gasteiger partial charge in [-0.05, 0) is 57.8 Å². The van der Waals surface area contributed by atoms with Crippen molar-refractivity contribution in [2.24, 2.45) is 0 Å². The molecular formula is C52H97NO10. The number of ether oxygens (including phenoxy) is 3. The van der Waals surface area contributed by atoms with Crippen LogP contribution in [-0.4, -0.2) is 100 Å². The summed E-state index contributed by atoms with van der Waals surface area (Å²) in [7, 11) is 0. The van der Waals surface area contributed by atoms with Crippen LogP contribution in [0.15, 0.2) is 24.3 Å². The van der Waals surface area contributed by atoms with Crippen LogP contribution in [0.1, 0.15) is 232 Å². The van der Waals surface area contributed by atoms with Crippen molar-refractivity contribution in [3.05, 3.63) is 24.3 Å². The van der Waals surface area contributed by atoms with E-state index >= 15 is 0 Å². The Bertz CT molecular complexity index is 1100. The zero-order valence-electron chi connectivity index (χ0n) is 40.3. The Morgan fingerprint density at radius 2 is 1.02 bits per heavy atom. The number of rotatable bonds is 44. The molecule has 1 saturated heterocycles. The summed E-state index contributed by atoms with van der Waals surface area (Å²) in [6.45, 7) is 4.23. The second kappa shape index (κ2) is 42.8. The lowest BCUT2D eigenvalue weighted by Gasteiger charge is -2.40. The van der Waals surface area contributed by atoms with Gasteiger partial charge in [-0.2, -0.15) is 0 Å². The predicted octanol–water partition coefficient (Wildman–Crippen LogP) is 10.6. The summed E-state index contributed by atoms with van der Waals surface area (Å²) in [6.07, 6.45) is 38.3. The monoisotopic (exact) mass is 896 g/mol. The minimum atomic E-state index is -1.58. The molecular weight excluding hydrogens is 799 g/mol. The Morgan fingerprint density at radius 1 is 0.571 bits per heavy atom. The lowest BCUT2D eigenvalue weighted by molar-refractivity contribution is -0.302. The zero-order chi connectivity index (χ0) is 46.0. The van der Waals surface area contributed by atoms with Gasteiger partial charge in [0.05, 0.1) is 32.0 Å². The molecule has 0 aromatic rings. The molecule has 11 nitrogen and oxygen atoms in total. The summed E-state index contributed by atoms with van der Waals surface area (Å²) in [6, 6.07) is -0.822. The molecule has 0 aromatic heterocycles. The van der Waals surface area contributed by atoms with Gasteiger partial charge in [0.15, 0.2) is 6.29 Å². The number of hydrogen-bond donors (Lipinski definition) is 6. The molecule has 11 heteroatoms. The van der Waals surface area contributed by atoms with Crippen LogP contribution in [0.25, 0.3) is 0 Å². The van der Waals surface area contributed by atoms with Crippen molar-refractivity contribution < 1.29 is 49.3 Å². The van der Waals surface area contributed by atoms with Crippen molar-refractivity contribution in [1.82, 2.24) is 5.32 Å². The number of nitrogens with one attached hydrogen (secondary N) is 1. The van der Waals surface area contributed by atoms with Crippen LogP contribution >= 0.6 is 0 Å². The van der Waals surface area contributed by atoms with Crippen molar-refractivity contribution in [2.45, 2.75) is 275 Å². The van der Waals surface area contributed by atoms with E-state index in [-0.39, 0.29) is 18.5 Å². The number of carbonyl (C=O) groups excluding carboxylic acids is 2. The van der Waals surface area contributed by atoms with Crippen LogP contribution in [0.5, 0.6) is 0 Å². The fourth-order valence-corrected chi connectivity index (χ4v) is 8.07.